The fourth-order valence-electron chi connectivity index (χ4n) is 3.67. The van der Waals surface area contributed by atoms with Gasteiger partial charge in [0.1, 0.15) is 0 Å². The van der Waals surface area contributed by atoms with Crippen LogP contribution in [0.3, 0.4) is 0 Å². The second-order valence-corrected chi connectivity index (χ2v) is 9.11. The van der Waals surface area contributed by atoms with Crippen LogP contribution < -0.4 is 0 Å². The molecule has 5 heteroatoms. The van der Waals surface area contributed by atoms with E-state index in [0.29, 0.717) is 11.3 Å². The van der Waals surface area contributed by atoms with Gasteiger partial charge in [-0.05, 0) is 36.0 Å². The minimum absolute atomic E-state index is 0.0910. The van der Waals surface area contributed by atoms with Gasteiger partial charge in [0.2, 0.25) is 9.05 Å². The third-order valence-corrected chi connectivity index (χ3v) is 6.48. The maximum Gasteiger partial charge on any atom is 0.234 e. The first kappa shape index (κ1) is 13.6. The zero-order valence-corrected chi connectivity index (χ0v) is 12.3. The molecule has 0 aromatic carbocycles. The molecule has 0 amide bonds. The summed E-state index contributed by atoms with van der Waals surface area (Å²) in [6, 6.07) is 0. The number of fused-ring (bicyclic) bond motifs is 2. The Morgan fingerprint density at radius 2 is 2.00 bits per heavy atom. The Morgan fingerprint density at radius 1 is 1.35 bits per heavy atom. The fraction of sp³-hybridized carbons (Fsp3) is 1.00. The lowest BCUT2D eigenvalue weighted by molar-refractivity contribution is -0.0405. The van der Waals surface area contributed by atoms with Crippen molar-refractivity contribution in [1.82, 2.24) is 0 Å². The SMILES string of the molecule is CC1(C)C2CCC1(C)C(OCCS(=O)(=O)Cl)C2. The van der Waals surface area contributed by atoms with Gasteiger partial charge in [-0.25, -0.2) is 8.42 Å². The normalized spacial score (nSPS) is 39.8. The van der Waals surface area contributed by atoms with Gasteiger partial charge in [-0.15, -0.1) is 0 Å². The molecule has 0 aliphatic heterocycles. The van der Waals surface area contributed by atoms with Crippen molar-refractivity contribution >= 4 is 19.7 Å². The van der Waals surface area contributed by atoms with Crippen LogP contribution in [0, 0.1) is 16.7 Å². The topological polar surface area (TPSA) is 43.4 Å². The van der Waals surface area contributed by atoms with Gasteiger partial charge in [-0.3, -0.25) is 0 Å². The summed E-state index contributed by atoms with van der Waals surface area (Å²) in [5.74, 6) is 0.622. The van der Waals surface area contributed by atoms with E-state index < -0.39 is 9.05 Å². The van der Waals surface area contributed by atoms with E-state index in [1.165, 1.54) is 12.8 Å². The van der Waals surface area contributed by atoms with Crippen LogP contribution in [-0.2, 0) is 13.8 Å². The minimum Gasteiger partial charge on any atom is -0.377 e. The van der Waals surface area contributed by atoms with Crippen molar-refractivity contribution in [3.05, 3.63) is 0 Å². The van der Waals surface area contributed by atoms with Crippen molar-refractivity contribution in [2.75, 3.05) is 12.4 Å². The number of rotatable bonds is 4. The average Bonchev–Trinajstić information content (AvgIpc) is 2.48. The molecule has 0 aromatic rings. The van der Waals surface area contributed by atoms with Gasteiger partial charge < -0.3 is 4.74 Å². The molecule has 2 aliphatic carbocycles. The van der Waals surface area contributed by atoms with Crippen LogP contribution in [0.2, 0.25) is 0 Å². The van der Waals surface area contributed by atoms with E-state index in [1.807, 2.05) is 0 Å². The van der Waals surface area contributed by atoms with E-state index in [4.69, 9.17) is 15.4 Å². The smallest absolute Gasteiger partial charge is 0.234 e. The van der Waals surface area contributed by atoms with Crippen molar-refractivity contribution in [3.63, 3.8) is 0 Å². The molecule has 0 aromatic heterocycles. The van der Waals surface area contributed by atoms with Crippen LogP contribution in [0.25, 0.3) is 0 Å². The molecular formula is C12H21ClO3S. The highest BCUT2D eigenvalue weighted by molar-refractivity contribution is 8.13. The monoisotopic (exact) mass is 280 g/mol. The van der Waals surface area contributed by atoms with Gasteiger partial charge >= 0.3 is 0 Å². The number of ether oxygens (including phenoxy) is 1. The molecule has 0 radical (unpaired) electrons. The Bertz CT molecular complexity index is 404. The summed E-state index contributed by atoms with van der Waals surface area (Å²) in [4.78, 5) is 0. The van der Waals surface area contributed by atoms with Gasteiger partial charge in [0.05, 0.1) is 18.5 Å². The second-order valence-electron chi connectivity index (χ2n) is 6.21. The first-order valence-electron chi connectivity index (χ1n) is 6.21. The summed E-state index contributed by atoms with van der Waals surface area (Å²) in [7, 11) is 1.75. The van der Waals surface area contributed by atoms with Gasteiger partial charge in [-0.1, -0.05) is 20.8 Å². The number of hydrogen-bond donors (Lipinski definition) is 0. The first-order chi connectivity index (χ1) is 7.67. The van der Waals surface area contributed by atoms with E-state index in [0.717, 1.165) is 6.42 Å². The van der Waals surface area contributed by atoms with Gasteiger partial charge in [-0.2, -0.15) is 0 Å². The molecule has 2 aliphatic rings. The van der Waals surface area contributed by atoms with Crippen LogP contribution in [0.4, 0.5) is 0 Å². The summed E-state index contributed by atoms with van der Waals surface area (Å²) in [5, 5.41) is 0. The quantitative estimate of drug-likeness (QED) is 0.744. The summed E-state index contributed by atoms with van der Waals surface area (Å²) >= 11 is 0. The largest absolute Gasteiger partial charge is 0.377 e. The summed E-state index contributed by atoms with van der Waals surface area (Å²) < 4.78 is 27.5. The molecule has 3 atom stereocenters. The van der Waals surface area contributed by atoms with Crippen LogP contribution >= 0.6 is 10.7 Å². The maximum absolute atomic E-state index is 10.9. The van der Waals surface area contributed by atoms with Crippen molar-refractivity contribution < 1.29 is 13.2 Å². The zero-order valence-electron chi connectivity index (χ0n) is 10.7. The Balaban J connectivity index is 1.97. The molecule has 0 heterocycles. The molecule has 0 saturated heterocycles. The molecule has 0 N–H and O–H groups in total. The predicted octanol–water partition coefficient (Wildman–Crippen LogP) is 2.79. The molecule has 3 nitrogen and oxygen atoms in total. The highest BCUT2D eigenvalue weighted by Gasteiger charge is 2.61. The lowest BCUT2D eigenvalue weighted by atomic mass is 9.70. The van der Waals surface area contributed by atoms with Crippen LogP contribution in [0.5, 0.6) is 0 Å². The highest BCUT2D eigenvalue weighted by Crippen LogP contribution is 2.66. The van der Waals surface area contributed by atoms with Crippen molar-refractivity contribution in [3.8, 4) is 0 Å². The van der Waals surface area contributed by atoms with Crippen LogP contribution in [-0.4, -0.2) is 26.9 Å². The predicted molar refractivity (Wildman–Crippen MR) is 68.6 cm³/mol. The van der Waals surface area contributed by atoms with E-state index in [9.17, 15) is 8.42 Å². The lowest BCUT2D eigenvalue weighted by Gasteiger charge is -2.38. The first-order valence-corrected chi connectivity index (χ1v) is 8.68. The Hall–Kier alpha value is 0.200. The second kappa shape index (κ2) is 4.10. The third kappa shape index (κ3) is 2.24. The molecule has 100 valence electrons. The summed E-state index contributed by atoms with van der Waals surface area (Å²) in [5.41, 5.74) is 0.491. The van der Waals surface area contributed by atoms with Crippen molar-refractivity contribution in [2.24, 2.45) is 16.7 Å². The molecule has 2 bridgehead atoms. The van der Waals surface area contributed by atoms with Gasteiger partial charge in [0, 0.05) is 10.7 Å². The van der Waals surface area contributed by atoms with E-state index in [1.54, 1.807) is 0 Å². The molecule has 3 unspecified atom stereocenters. The molecule has 2 saturated carbocycles. The molecule has 2 fully saturated rings. The number of hydrogen-bond acceptors (Lipinski definition) is 3. The standard InChI is InChI=1S/C12H21ClO3S/c1-11(2)9-4-5-12(11,3)10(8-9)16-6-7-17(13,14)15/h9-10H,4-8H2,1-3H3. The zero-order chi connectivity index (χ0) is 12.9. The molecule has 2 rings (SSSR count). The van der Waals surface area contributed by atoms with Crippen molar-refractivity contribution in [2.45, 2.75) is 46.1 Å². The van der Waals surface area contributed by atoms with Crippen LogP contribution in [0.15, 0.2) is 0 Å². The summed E-state index contributed by atoms with van der Waals surface area (Å²) in [6.45, 7) is 7.12. The maximum atomic E-state index is 10.9. The molecule has 17 heavy (non-hydrogen) atoms. The fourth-order valence-corrected chi connectivity index (χ4v) is 4.16. The van der Waals surface area contributed by atoms with E-state index >= 15 is 0 Å². The van der Waals surface area contributed by atoms with Gasteiger partial charge in [0.15, 0.2) is 0 Å². The molecular weight excluding hydrogens is 260 g/mol. The Morgan fingerprint density at radius 3 is 2.41 bits per heavy atom. The van der Waals surface area contributed by atoms with Crippen molar-refractivity contribution in [1.29, 1.82) is 0 Å². The van der Waals surface area contributed by atoms with E-state index in [-0.39, 0.29) is 23.9 Å². The molecule has 0 spiro atoms. The highest BCUT2D eigenvalue weighted by atomic mass is 35.7. The van der Waals surface area contributed by atoms with Gasteiger partial charge in [0.25, 0.3) is 0 Å². The minimum atomic E-state index is -3.43. The lowest BCUT2D eigenvalue weighted by Crippen LogP contribution is -2.37. The number of halogens is 1. The average molecular weight is 281 g/mol. The summed E-state index contributed by atoms with van der Waals surface area (Å²) in [6.07, 6.45) is 3.71. The van der Waals surface area contributed by atoms with E-state index in [2.05, 4.69) is 20.8 Å². The Labute approximate surface area is 108 Å². The van der Waals surface area contributed by atoms with Crippen LogP contribution in [0.1, 0.15) is 40.0 Å². The third-order valence-electron chi connectivity index (χ3n) is 5.36. The Kier molecular flexibility index (Phi) is 3.29.